The summed E-state index contributed by atoms with van der Waals surface area (Å²) in [4.78, 5) is 36.2. The lowest BCUT2D eigenvalue weighted by Gasteiger charge is -2.29. The molecular weight excluding hydrogens is 384 g/mol. The highest BCUT2D eigenvalue weighted by Crippen LogP contribution is 2.32. The fourth-order valence-electron chi connectivity index (χ4n) is 3.85. The van der Waals surface area contributed by atoms with E-state index in [0.717, 1.165) is 19.3 Å². The Labute approximate surface area is 175 Å². The maximum Gasteiger partial charge on any atom is 0.310 e. The zero-order chi connectivity index (χ0) is 21.5. The lowest BCUT2D eigenvalue weighted by molar-refractivity contribution is -0.385. The highest BCUT2D eigenvalue weighted by atomic mass is 16.6. The molecule has 0 heterocycles. The Balaban J connectivity index is 1.65. The molecule has 0 spiro atoms. The lowest BCUT2D eigenvalue weighted by atomic mass is 9.78. The summed E-state index contributed by atoms with van der Waals surface area (Å²) in [5.74, 6) is -1.68. The number of rotatable bonds is 7. The van der Waals surface area contributed by atoms with Crippen LogP contribution in [0.1, 0.15) is 43.7 Å². The maximum absolute atomic E-state index is 12.8. The molecule has 0 aliphatic heterocycles. The van der Waals surface area contributed by atoms with Crippen LogP contribution in [0.4, 0.5) is 11.4 Å². The number of hydrogen-bond acceptors (Lipinski definition) is 5. The predicted molar refractivity (Wildman–Crippen MR) is 113 cm³/mol. The molecule has 0 radical (unpaired) electrons. The highest BCUT2D eigenvalue weighted by Gasteiger charge is 2.37. The molecule has 30 heavy (non-hydrogen) atoms. The van der Waals surface area contributed by atoms with Gasteiger partial charge in [0.15, 0.2) is 0 Å². The number of aryl methyl sites for hydroxylation is 1. The van der Waals surface area contributed by atoms with E-state index in [2.05, 4.69) is 12.2 Å². The first-order chi connectivity index (χ1) is 14.5. The number of hydrogen-bond donors (Lipinski definition) is 1. The van der Waals surface area contributed by atoms with Crippen molar-refractivity contribution in [2.24, 2.45) is 11.8 Å². The molecule has 0 aromatic heterocycles. The Kier molecular flexibility index (Phi) is 7.17. The van der Waals surface area contributed by atoms with Crippen LogP contribution < -0.4 is 5.32 Å². The minimum Gasteiger partial charge on any atom is -0.460 e. The van der Waals surface area contributed by atoms with Crippen LogP contribution in [0.2, 0.25) is 0 Å². The second-order valence-electron chi connectivity index (χ2n) is 7.53. The number of nitrogens with one attached hydrogen (secondary N) is 1. The molecule has 1 amide bonds. The van der Waals surface area contributed by atoms with E-state index in [1.54, 1.807) is 18.2 Å². The zero-order valence-electron chi connectivity index (χ0n) is 17.0. The van der Waals surface area contributed by atoms with Gasteiger partial charge in [0.1, 0.15) is 6.61 Å². The van der Waals surface area contributed by atoms with Crippen LogP contribution in [0.5, 0.6) is 0 Å². The van der Waals surface area contributed by atoms with Gasteiger partial charge < -0.3 is 10.1 Å². The third kappa shape index (κ3) is 5.23. The number of nitro groups is 1. The van der Waals surface area contributed by atoms with E-state index in [9.17, 15) is 19.7 Å². The predicted octanol–water partition coefficient (Wildman–Crippen LogP) is 4.65. The smallest absolute Gasteiger partial charge is 0.310 e. The Hall–Kier alpha value is -3.22. The molecule has 0 saturated heterocycles. The van der Waals surface area contributed by atoms with Crippen molar-refractivity contribution in [2.75, 3.05) is 5.32 Å². The van der Waals surface area contributed by atoms with E-state index < -0.39 is 22.7 Å². The molecule has 1 N–H and O–H groups in total. The Bertz CT molecular complexity index is 910. The minimum absolute atomic E-state index is 0.0845. The number of carbonyl (C=O) groups excluding carboxylic acids is 2. The summed E-state index contributed by atoms with van der Waals surface area (Å²) in [7, 11) is 0. The second kappa shape index (κ2) is 10.0. The molecule has 1 aliphatic carbocycles. The van der Waals surface area contributed by atoms with Gasteiger partial charge in [-0.1, -0.05) is 44.0 Å². The van der Waals surface area contributed by atoms with Crippen LogP contribution in [0, 0.1) is 22.0 Å². The van der Waals surface area contributed by atoms with Gasteiger partial charge >= 0.3 is 5.97 Å². The van der Waals surface area contributed by atoms with Crippen LogP contribution in [-0.4, -0.2) is 16.8 Å². The van der Waals surface area contributed by atoms with Crippen LogP contribution in [0.15, 0.2) is 48.5 Å². The van der Waals surface area contributed by atoms with Gasteiger partial charge in [0.2, 0.25) is 5.91 Å². The standard InChI is InChI=1S/C23H26N2O5/c1-2-16-11-13-18(14-12-16)24-22(26)19-8-4-5-9-20(19)23(27)30-15-17-7-3-6-10-21(17)25(28)29/h3,6-7,10-14,19-20H,2,4-5,8-9,15H2,1H3,(H,24,26). The first-order valence-electron chi connectivity index (χ1n) is 10.3. The first kappa shape index (κ1) is 21.5. The molecule has 7 heteroatoms. The number of amides is 1. The van der Waals surface area contributed by atoms with Crippen LogP contribution in [-0.2, 0) is 27.4 Å². The van der Waals surface area contributed by atoms with Crippen molar-refractivity contribution < 1.29 is 19.2 Å². The van der Waals surface area contributed by atoms with Crippen molar-refractivity contribution in [3.63, 3.8) is 0 Å². The summed E-state index contributed by atoms with van der Waals surface area (Å²) >= 11 is 0. The average molecular weight is 410 g/mol. The van der Waals surface area contributed by atoms with Crippen molar-refractivity contribution in [1.29, 1.82) is 0 Å². The summed E-state index contributed by atoms with van der Waals surface area (Å²) in [5, 5.41) is 14.0. The van der Waals surface area contributed by atoms with Gasteiger partial charge in [-0.2, -0.15) is 0 Å². The SMILES string of the molecule is CCc1ccc(NC(=O)C2CCCCC2C(=O)OCc2ccccc2[N+](=O)[O-])cc1. The molecule has 2 aromatic carbocycles. The van der Waals surface area contributed by atoms with Crippen molar-refractivity contribution in [2.45, 2.75) is 45.6 Å². The molecule has 2 atom stereocenters. The second-order valence-corrected chi connectivity index (χ2v) is 7.53. The molecule has 3 rings (SSSR count). The molecule has 1 aliphatic rings. The third-order valence-electron chi connectivity index (χ3n) is 5.59. The Morgan fingerprint density at radius 2 is 1.73 bits per heavy atom. The number of esters is 1. The summed E-state index contributed by atoms with van der Waals surface area (Å²) < 4.78 is 5.40. The summed E-state index contributed by atoms with van der Waals surface area (Å²) in [6.45, 7) is 1.88. The first-order valence-corrected chi connectivity index (χ1v) is 10.3. The molecule has 2 unspecified atom stereocenters. The fraction of sp³-hybridized carbons (Fsp3) is 0.391. The van der Waals surface area contributed by atoms with Crippen LogP contribution in [0.25, 0.3) is 0 Å². The average Bonchev–Trinajstić information content (AvgIpc) is 2.78. The van der Waals surface area contributed by atoms with Gasteiger partial charge in [0, 0.05) is 11.8 Å². The van der Waals surface area contributed by atoms with E-state index in [-0.39, 0.29) is 18.2 Å². The zero-order valence-corrected chi connectivity index (χ0v) is 17.0. The molecular formula is C23H26N2O5. The van der Waals surface area contributed by atoms with Crippen molar-refractivity contribution in [1.82, 2.24) is 0 Å². The van der Waals surface area contributed by atoms with Crippen LogP contribution in [0.3, 0.4) is 0 Å². The maximum atomic E-state index is 12.8. The van der Waals surface area contributed by atoms with E-state index in [4.69, 9.17) is 4.74 Å². The quantitative estimate of drug-likeness (QED) is 0.407. The molecule has 1 fully saturated rings. The van der Waals surface area contributed by atoms with E-state index in [0.29, 0.717) is 24.1 Å². The molecule has 7 nitrogen and oxygen atoms in total. The Morgan fingerprint density at radius 1 is 1.07 bits per heavy atom. The number of para-hydroxylation sites is 1. The monoisotopic (exact) mass is 410 g/mol. The summed E-state index contributed by atoms with van der Waals surface area (Å²) in [5.41, 5.74) is 2.14. The molecule has 0 bridgehead atoms. The van der Waals surface area contributed by atoms with Gasteiger partial charge in [-0.05, 0) is 43.0 Å². The largest absolute Gasteiger partial charge is 0.460 e. The van der Waals surface area contributed by atoms with E-state index in [1.165, 1.54) is 11.6 Å². The van der Waals surface area contributed by atoms with Gasteiger partial charge in [-0.3, -0.25) is 19.7 Å². The molecule has 2 aromatic rings. The number of anilines is 1. The van der Waals surface area contributed by atoms with E-state index in [1.807, 2.05) is 24.3 Å². The number of ether oxygens (including phenoxy) is 1. The highest BCUT2D eigenvalue weighted by molar-refractivity contribution is 5.95. The molecule has 158 valence electrons. The summed E-state index contributed by atoms with van der Waals surface area (Å²) in [6, 6.07) is 13.8. The van der Waals surface area contributed by atoms with E-state index >= 15 is 0 Å². The minimum atomic E-state index is -0.545. The van der Waals surface area contributed by atoms with Gasteiger partial charge in [0.05, 0.1) is 22.3 Å². The number of nitrogens with zero attached hydrogens (tertiary/aromatic N) is 1. The topological polar surface area (TPSA) is 98.5 Å². The number of nitro benzene ring substituents is 1. The van der Waals surface area contributed by atoms with Crippen molar-refractivity contribution in [3.05, 3.63) is 69.8 Å². The van der Waals surface area contributed by atoms with Gasteiger partial charge in [0.25, 0.3) is 5.69 Å². The lowest BCUT2D eigenvalue weighted by Crippen LogP contribution is -2.37. The van der Waals surface area contributed by atoms with Crippen molar-refractivity contribution in [3.8, 4) is 0 Å². The van der Waals surface area contributed by atoms with Crippen molar-refractivity contribution >= 4 is 23.3 Å². The van der Waals surface area contributed by atoms with Gasteiger partial charge in [-0.15, -0.1) is 0 Å². The Morgan fingerprint density at radius 3 is 2.40 bits per heavy atom. The third-order valence-corrected chi connectivity index (χ3v) is 5.59. The van der Waals surface area contributed by atoms with Gasteiger partial charge in [-0.25, -0.2) is 0 Å². The fourth-order valence-corrected chi connectivity index (χ4v) is 3.85. The normalized spacial score (nSPS) is 18.4. The number of benzene rings is 2. The summed E-state index contributed by atoms with van der Waals surface area (Å²) in [6.07, 6.45) is 3.83. The number of carbonyl (C=O) groups is 2. The van der Waals surface area contributed by atoms with Crippen LogP contribution >= 0.6 is 0 Å². The molecule has 1 saturated carbocycles.